The van der Waals surface area contributed by atoms with Crippen LogP contribution in [0.25, 0.3) is 0 Å². The number of piperazine rings is 1. The molecule has 1 amide bonds. The van der Waals surface area contributed by atoms with Crippen LogP contribution in [0.5, 0.6) is 17.2 Å². The maximum atomic E-state index is 13.1. The van der Waals surface area contributed by atoms with Crippen LogP contribution in [-0.4, -0.2) is 81.4 Å². The second-order valence-corrected chi connectivity index (χ2v) is 7.60. The first-order chi connectivity index (χ1) is 15.1. The lowest BCUT2D eigenvalue weighted by Gasteiger charge is -2.35. The molecule has 0 unspecified atom stereocenters. The molecule has 0 spiro atoms. The van der Waals surface area contributed by atoms with Crippen LogP contribution >= 0.6 is 0 Å². The highest BCUT2D eigenvalue weighted by molar-refractivity contribution is 5.95. The van der Waals surface area contributed by atoms with E-state index < -0.39 is 0 Å². The zero-order chi connectivity index (χ0) is 21.8. The molecule has 0 N–H and O–H groups in total. The van der Waals surface area contributed by atoms with Gasteiger partial charge in [0.05, 0.1) is 21.3 Å². The number of rotatable bonds is 6. The molecule has 166 valence electrons. The summed E-state index contributed by atoms with van der Waals surface area (Å²) >= 11 is 0. The van der Waals surface area contributed by atoms with Gasteiger partial charge in [0.1, 0.15) is 5.82 Å². The Morgan fingerprint density at radius 2 is 1.52 bits per heavy atom. The predicted molar refractivity (Wildman–Crippen MR) is 118 cm³/mol. The number of methoxy groups -OCH3 is 3. The van der Waals surface area contributed by atoms with Gasteiger partial charge in [0.25, 0.3) is 5.91 Å². The van der Waals surface area contributed by atoms with Crippen LogP contribution in [0, 0.1) is 0 Å². The molecule has 2 saturated heterocycles. The zero-order valence-electron chi connectivity index (χ0n) is 18.3. The van der Waals surface area contributed by atoms with Gasteiger partial charge in [-0.05, 0) is 31.0 Å². The Kier molecular flexibility index (Phi) is 6.29. The molecule has 0 radical (unpaired) electrons. The predicted octanol–water partition coefficient (Wildman–Crippen LogP) is 2.06. The van der Waals surface area contributed by atoms with Gasteiger partial charge in [0.2, 0.25) is 11.7 Å². The number of ether oxygens (including phenoxy) is 3. The lowest BCUT2D eigenvalue weighted by atomic mass is 10.1. The average Bonchev–Trinajstić information content (AvgIpc) is 3.38. The Labute approximate surface area is 182 Å². The number of nitrogens with zero attached hydrogens (tertiary/aromatic N) is 5. The van der Waals surface area contributed by atoms with E-state index in [0.717, 1.165) is 24.9 Å². The van der Waals surface area contributed by atoms with Crippen LogP contribution in [0.4, 0.5) is 11.8 Å². The number of carbonyl (C=O) groups excluding carboxylic acids is 1. The number of amides is 1. The molecule has 2 aliphatic rings. The van der Waals surface area contributed by atoms with E-state index in [1.165, 1.54) is 12.8 Å². The minimum Gasteiger partial charge on any atom is -0.493 e. The van der Waals surface area contributed by atoms with E-state index in [1.54, 1.807) is 33.5 Å². The van der Waals surface area contributed by atoms with Crippen LogP contribution in [0.1, 0.15) is 23.2 Å². The maximum Gasteiger partial charge on any atom is 0.254 e. The number of hydrogen-bond donors (Lipinski definition) is 0. The highest BCUT2D eigenvalue weighted by Gasteiger charge is 2.26. The molecule has 0 aliphatic carbocycles. The quantitative estimate of drug-likeness (QED) is 0.693. The average molecular weight is 428 g/mol. The van der Waals surface area contributed by atoms with Crippen molar-refractivity contribution in [3.05, 3.63) is 30.0 Å². The fourth-order valence-electron chi connectivity index (χ4n) is 4.11. The Hall–Kier alpha value is -3.23. The second-order valence-electron chi connectivity index (χ2n) is 7.60. The van der Waals surface area contributed by atoms with Gasteiger partial charge in [0.15, 0.2) is 11.5 Å². The third kappa shape index (κ3) is 4.30. The third-order valence-corrected chi connectivity index (χ3v) is 5.82. The largest absolute Gasteiger partial charge is 0.493 e. The molecule has 1 aromatic carbocycles. The SMILES string of the molecule is COc1cc(C(=O)N2CCN(c3ccnc(N4CCCC4)n3)CC2)cc(OC)c1OC. The van der Waals surface area contributed by atoms with Gasteiger partial charge in [-0.3, -0.25) is 4.79 Å². The standard InChI is InChI=1S/C22H29N5O4/c1-29-17-14-16(15-18(30-2)20(17)31-3)21(28)26-12-10-25(11-13-26)19-6-7-23-22(24-19)27-8-4-5-9-27/h6-7,14-15H,4-5,8-13H2,1-3H3. The van der Waals surface area contributed by atoms with E-state index >= 15 is 0 Å². The molecule has 0 bridgehead atoms. The van der Waals surface area contributed by atoms with Crippen molar-refractivity contribution in [2.75, 3.05) is 70.4 Å². The number of aromatic nitrogens is 2. The number of benzene rings is 1. The van der Waals surface area contributed by atoms with Gasteiger partial charge in [-0.25, -0.2) is 4.98 Å². The Morgan fingerprint density at radius 3 is 2.10 bits per heavy atom. The fraction of sp³-hybridized carbons (Fsp3) is 0.500. The molecule has 2 aliphatic heterocycles. The molecule has 9 heteroatoms. The van der Waals surface area contributed by atoms with Crippen molar-refractivity contribution in [2.24, 2.45) is 0 Å². The number of anilines is 2. The van der Waals surface area contributed by atoms with Crippen molar-refractivity contribution in [3.8, 4) is 17.2 Å². The van der Waals surface area contributed by atoms with Gasteiger partial charge in [0, 0.05) is 51.0 Å². The summed E-state index contributed by atoms with van der Waals surface area (Å²) in [5, 5.41) is 0. The lowest BCUT2D eigenvalue weighted by Crippen LogP contribution is -2.49. The number of carbonyl (C=O) groups is 1. The van der Waals surface area contributed by atoms with E-state index in [1.807, 2.05) is 17.2 Å². The van der Waals surface area contributed by atoms with Crippen molar-refractivity contribution in [1.29, 1.82) is 0 Å². The molecule has 1 aromatic heterocycles. The summed E-state index contributed by atoms with van der Waals surface area (Å²) < 4.78 is 16.1. The molecular weight excluding hydrogens is 398 g/mol. The molecule has 4 rings (SSSR count). The van der Waals surface area contributed by atoms with Gasteiger partial charge >= 0.3 is 0 Å². The van der Waals surface area contributed by atoms with Crippen molar-refractivity contribution in [3.63, 3.8) is 0 Å². The first kappa shape index (κ1) is 21.0. The summed E-state index contributed by atoms with van der Waals surface area (Å²) in [5.74, 6) is 3.07. The van der Waals surface area contributed by atoms with E-state index in [0.29, 0.717) is 49.0 Å². The summed E-state index contributed by atoms with van der Waals surface area (Å²) in [4.78, 5) is 28.6. The van der Waals surface area contributed by atoms with Crippen LogP contribution < -0.4 is 24.0 Å². The summed E-state index contributed by atoms with van der Waals surface area (Å²) in [6, 6.07) is 5.34. The topological polar surface area (TPSA) is 80.3 Å². The van der Waals surface area contributed by atoms with Gasteiger partial charge in [-0.1, -0.05) is 0 Å². The Balaban J connectivity index is 1.44. The molecule has 9 nitrogen and oxygen atoms in total. The van der Waals surface area contributed by atoms with Crippen molar-refractivity contribution >= 4 is 17.7 Å². The summed E-state index contributed by atoms with van der Waals surface area (Å²) in [5.41, 5.74) is 0.515. The molecule has 3 heterocycles. The summed E-state index contributed by atoms with van der Waals surface area (Å²) in [6.07, 6.45) is 4.20. The lowest BCUT2D eigenvalue weighted by molar-refractivity contribution is 0.0745. The monoisotopic (exact) mass is 427 g/mol. The minimum atomic E-state index is -0.0562. The first-order valence-corrected chi connectivity index (χ1v) is 10.6. The summed E-state index contributed by atoms with van der Waals surface area (Å²) in [7, 11) is 4.63. The minimum absolute atomic E-state index is 0.0562. The molecule has 31 heavy (non-hydrogen) atoms. The molecule has 2 fully saturated rings. The normalized spacial score (nSPS) is 16.4. The molecule has 0 saturated carbocycles. The highest BCUT2D eigenvalue weighted by Crippen LogP contribution is 2.38. The second kappa shape index (κ2) is 9.28. The van der Waals surface area contributed by atoms with Gasteiger partial charge < -0.3 is 28.9 Å². The molecule has 2 aromatic rings. The zero-order valence-corrected chi connectivity index (χ0v) is 18.3. The van der Waals surface area contributed by atoms with E-state index in [2.05, 4.69) is 14.8 Å². The molecule has 0 atom stereocenters. The van der Waals surface area contributed by atoms with Gasteiger partial charge in [-0.2, -0.15) is 4.98 Å². The van der Waals surface area contributed by atoms with Crippen molar-refractivity contribution < 1.29 is 19.0 Å². The van der Waals surface area contributed by atoms with Crippen molar-refractivity contribution in [1.82, 2.24) is 14.9 Å². The third-order valence-electron chi connectivity index (χ3n) is 5.82. The highest BCUT2D eigenvalue weighted by atomic mass is 16.5. The Bertz CT molecular complexity index is 899. The van der Waals surface area contributed by atoms with Crippen molar-refractivity contribution in [2.45, 2.75) is 12.8 Å². The van der Waals surface area contributed by atoms with Crippen LogP contribution in [0.2, 0.25) is 0 Å². The Morgan fingerprint density at radius 1 is 0.871 bits per heavy atom. The summed E-state index contributed by atoms with van der Waals surface area (Å²) in [6.45, 7) is 4.68. The van der Waals surface area contributed by atoms with E-state index in [9.17, 15) is 4.79 Å². The van der Waals surface area contributed by atoms with E-state index in [-0.39, 0.29) is 5.91 Å². The van der Waals surface area contributed by atoms with Gasteiger partial charge in [-0.15, -0.1) is 0 Å². The molecular formula is C22H29N5O4. The smallest absolute Gasteiger partial charge is 0.254 e. The van der Waals surface area contributed by atoms with Crippen LogP contribution in [0.15, 0.2) is 24.4 Å². The van der Waals surface area contributed by atoms with Crippen LogP contribution in [-0.2, 0) is 0 Å². The van der Waals surface area contributed by atoms with Crippen LogP contribution in [0.3, 0.4) is 0 Å². The number of hydrogen-bond acceptors (Lipinski definition) is 8. The first-order valence-electron chi connectivity index (χ1n) is 10.6. The van der Waals surface area contributed by atoms with E-state index in [4.69, 9.17) is 19.2 Å². The maximum absolute atomic E-state index is 13.1. The fourth-order valence-corrected chi connectivity index (χ4v) is 4.11.